The minimum atomic E-state index is -1.28. The molecule has 4 rings (SSSR count). The third-order valence-corrected chi connectivity index (χ3v) is 5.07. The van der Waals surface area contributed by atoms with Gasteiger partial charge in [-0.3, -0.25) is 4.79 Å². The quantitative estimate of drug-likeness (QED) is 0.847. The third-order valence-electron chi connectivity index (χ3n) is 5.07. The fraction of sp³-hybridized carbons (Fsp3) is 0.381. The van der Waals surface area contributed by atoms with Gasteiger partial charge in [0.15, 0.2) is 0 Å². The molecule has 1 spiro atoms. The van der Waals surface area contributed by atoms with Gasteiger partial charge in [0.25, 0.3) is 11.7 Å². The number of aryl methyl sites for hydroxylation is 3. The van der Waals surface area contributed by atoms with E-state index in [4.69, 9.17) is 14.2 Å². The largest absolute Gasteiger partial charge is 0.491 e. The average molecular weight is 353 g/mol. The number of para-hydroxylation sites is 1. The van der Waals surface area contributed by atoms with E-state index in [1.165, 1.54) is 0 Å². The summed E-state index contributed by atoms with van der Waals surface area (Å²) in [5.41, 5.74) is 4.85. The summed E-state index contributed by atoms with van der Waals surface area (Å²) in [7, 11) is 0. The Kier molecular flexibility index (Phi) is 4.21. The molecule has 5 nitrogen and oxygen atoms in total. The van der Waals surface area contributed by atoms with Gasteiger partial charge >= 0.3 is 0 Å². The molecule has 2 aromatic carbocycles. The first-order chi connectivity index (χ1) is 12.5. The van der Waals surface area contributed by atoms with Gasteiger partial charge in [-0.25, -0.2) is 0 Å². The van der Waals surface area contributed by atoms with Crippen LogP contribution in [0.15, 0.2) is 36.4 Å². The SMILES string of the molecule is Cc1ccccc1OCCN1C(=O)C2(OCCO2)c2c(C)ccc(C)c21. The molecule has 0 aromatic heterocycles. The molecule has 0 aliphatic carbocycles. The van der Waals surface area contributed by atoms with Crippen molar-refractivity contribution in [2.24, 2.45) is 0 Å². The number of hydrogen-bond donors (Lipinski definition) is 0. The second kappa shape index (κ2) is 6.41. The highest BCUT2D eigenvalue weighted by Gasteiger charge is 2.57. The lowest BCUT2D eigenvalue weighted by Gasteiger charge is -2.22. The zero-order valence-electron chi connectivity index (χ0n) is 15.4. The molecule has 0 radical (unpaired) electrons. The summed E-state index contributed by atoms with van der Waals surface area (Å²) < 4.78 is 17.6. The average Bonchev–Trinajstić information content (AvgIpc) is 3.20. The van der Waals surface area contributed by atoms with E-state index in [1.807, 2.05) is 57.2 Å². The topological polar surface area (TPSA) is 48.0 Å². The van der Waals surface area contributed by atoms with Crippen molar-refractivity contribution in [3.63, 3.8) is 0 Å². The van der Waals surface area contributed by atoms with Crippen LogP contribution in [-0.2, 0) is 20.1 Å². The lowest BCUT2D eigenvalue weighted by molar-refractivity contribution is -0.180. The number of anilines is 1. The molecule has 0 unspecified atom stereocenters. The van der Waals surface area contributed by atoms with Crippen LogP contribution in [0.4, 0.5) is 5.69 Å². The fourth-order valence-electron chi connectivity index (χ4n) is 3.80. The first kappa shape index (κ1) is 17.1. The molecule has 0 bridgehead atoms. The minimum absolute atomic E-state index is 0.157. The highest BCUT2D eigenvalue weighted by Crippen LogP contribution is 2.48. The molecule has 2 aliphatic rings. The Labute approximate surface area is 153 Å². The van der Waals surface area contributed by atoms with Gasteiger partial charge in [0.05, 0.1) is 25.4 Å². The Hall–Kier alpha value is -2.37. The smallest absolute Gasteiger partial charge is 0.292 e. The van der Waals surface area contributed by atoms with E-state index in [-0.39, 0.29) is 5.91 Å². The standard InChI is InChI=1S/C21H23NO4/c1-14-6-4-5-7-17(14)24-11-10-22-19-16(3)9-8-15(2)18(19)21(20(22)23)25-12-13-26-21/h4-9H,10-13H2,1-3H3. The summed E-state index contributed by atoms with van der Waals surface area (Å²) in [6.07, 6.45) is 0. The normalized spacial score (nSPS) is 17.8. The van der Waals surface area contributed by atoms with E-state index in [2.05, 4.69) is 0 Å². The van der Waals surface area contributed by atoms with Crippen LogP contribution in [0.5, 0.6) is 5.75 Å². The van der Waals surface area contributed by atoms with Gasteiger partial charge in [-0.15, -0.1) is 0 Å². The molecule has 0 N–H and O–H groups in total. The van der Waals surface area contributed by atoms with Crippen LogP contribution in [0.1, 0.15) is 22.3 Å². The first-order valence-electron chi connectivity index (χ1n) is 8.93. The molecule has 2 heterocycles. The van der Waals surface area contributed by atoms with Crippen molar-refractivity contribution < 1.29 is 19.0 Å². The van der Waals surface area contributed by atoms with E-state index in [0.29, 0.717) is 26.4 Å². The Bertz CT molecular complexity index is 855. The van der Waals surface area contributed by atoms with Gasteiger partial charge in [0, 0.05) is 5.56 Å². The van der Waals surface area contributed by atoms with Crippen LogP contribution in [0.2, 0.25) is 0 Å². The lowest BCUT2D eigenvalue weighted by Crippen LogP contribution is -2.43. The number of carbonyl (C=O) groups excluding carboxylic acids is 1. The summed E-state index contributed by atoms with van der Waals surface area (Å²) in [6, 6.07) is 11.9. The van der Waals surface area contributed by atoms with E-state index in [1.54, 1.807) is 4.90 Å². The maximum atomic E-state index is 13.2. The van der Waals surface area contributed by atoms with Gasteiger partial charge in [-0.1, -0.05) is 30.3 Å². The van der Waals surface area contributed by atoms with Crippen LogP contribution < -0.4 is 9.64 Å². The Morgan fingerprint density at radius 2 is 1.69 bits per heavy atom. The van der Waals surface area contributed by atoms with Gasteiger partial charge < -0.3 is 19.1 Å². The second-order valence-corrected chi connectivity index (χ2v) is 6.81. The summed E-state index contributed by atoms with van der Waals surface area (Å²) in [4.78, 5) is 15.0. The highest BCUT2D eigenvalue weighted by molar-refractivity contribution is 6.07. The molecule has 2 aromatic rings. The molecular weight excluding hydrogens is 330 g/mol. The molecule has 1 fully saturated rings. The summed E-state index contributed by atoms with van der Waals surface area (Å²) in [5, 5.41) is 0. The third kappa shape index (κ3) is 2.50. The first-order valence-corrected chi connectivity index (χ1v) is 8.93. The molecule has 0 saturated carbocycles. The zero-order valence-corrected chi connectivity index (χ0v) is 15.4. The van der Waals surface area contributed by atoms with Gasteiger partial charge in [-0.05, 0) is 43.5 Å². The van der Waals surface area contributed by atoms with E-state index >= 15 is 0 Å². The summed E-state index contributed by atoms with van der Waals surface area (Å²) in [6.45, 7) is 7.70. The molecular formula is C21H23NO4. The van der Waals surface area contributed by atoms with Crippen molar-refractivity contribution in [1.29, 1.82) is 0 Å². The summed E-state index contributed by atoms with van der Waals surface area (Å²) >= 11 is 0. The number of carbonyl (C=O) groups is 1. The lowest BCUT2D eigenvalue weighted by atomic mass is 9.98. The van der Waals surface area contributed by atoms with Gasteiger partial charge in [-0.2, -0.15) is 0 Å². The van der Waals surface area contributed by atoms with E-state index in [0.717, 1.165) is 33.7 Å². The van der Waals surface area contributed by atoms with Crippen LogP contribution in [-0.4, -0.2) is 32.3 Å². The maximum absolute atomic E-state index is 13.2. The van der Waals surface area contributed by atoms with Crippen molar-refractivity contribution in [3.8, 4) is 5.75 Å². The van der Waals surface area contributed by atoms with Crippen LogP contribution in [0.3, 0.4) is 0 Å². The number of hydrogen-bond acceptors (Lipinski definition) is 4. The van der Waals surface area contributed by atoms with Crippen molar-refractivity contribution in [2.45, 2.75) is 26.6 Å². The predicted octanol–water partition coefficient (Wildman–Crippen LogP) is 3.24. The van der Waals surface area contributed by atoms with Crippen molar-refractivity contribution in [2.75, 3.05) is 31.3 Å². The molecule has 0 atom stereocenters. The Morgan fingerprint density at radius 3 is 2.42 bits per heavy atom. The molecule has 2 aliphatic heterocycles. The van der Waals surface area contributed by atoms with Crippen molar-refractivity contribution in [3.05, 3.63) is 58.7 Å². The van der Waals surface area contributed by atoms with Crippen LogP contribution in [0.25, 0.3) is 0 Å². The molecule has 26 heavy (non-hydrogen) atoms. The predicted molar refractivity (Wildman–Crippen MR) is 98.5 cm³/mol. The minimum Gasteiger partial charge on any atom is -0.491 e. The zero-order chi connectivity index (χ0) is 18.3. The fourth-order valence-corrected chi connectivity index (χ4v) is 3.80. The van der Waals surface area contributed by atoms with E-state index < -0.39 is 5.79 Å². The van der Waals surface area contributed by atoms with Crippen LogP contribution in [0, 0.1) is 20.8 Å². The number of rotatable bonds is 4. The van der Waals surface area contributed by atoms with Gasteiger partial charge in [0.1, 0.15) is 12.4 Å². The number of ether oxygens (including phenoxy) is 3. The van der Waals surface area contributed by atoms with E-state index in [9.17, 15) is 4.79 Å². The molecule has 1 amide bonds. The summed E-state index contributed by atoms with van der Waals surface area (Å²) in [5.74, 6) is -0.604. The number of amides is 1. The second-order valence-electron chi connectivity index (χ2n) is 6.81. The number of benzene rings is 2. The monoisotopic (exact) mass is 353 g/mol. The number of nitrogens with zero attached hydrogens (tertiary/aromatic N) is 1. The Balaban J connectivity index is 1.62. The van der Waals surface area contributed by atoms with Crippen molar-refractivity contribution in [1.82, 2.24) is 0 Å². The van der Waals surface area contributed by atoms with Crippen molar-refractivity contribution >= 4 is 11.6 Å². The highest BCUT2D eigenvalue weighted by atomic mass is 16.7. The molecule has 5 heteroatoms. The molecule has 1 saturated heterocycles. The Morgan fingerprint density at radius 1 is 1.00 bits per heavy atom. The maximum Gasteiger partial charge on any atom is 0.292 e. The molecule has 136 valence electrons. The van der Waals surface area contributed by atoms with Crippen LogP contribution >= 0.6 is 0 Å². The van der Waals surface area contributed by atoms with Gasteiger partial charge in [0.2, 0.25) is 0 Å². The number of fused-ring (bicyclic) bond motifs is 2.